The van der Waals surface area contributed by atoms with Crippen LogP contribution in [0.3, 0.4) is 0 Å². The molecule has 0 bridgehead atoms. The van der Waals surface area contributed by atoms with Crippen molar-refractivity contribution in [2.24, 2.45) is 0 Å². The zero-order chi connectivity index (χ0) is 14.2. The second-order valence-corrected chi connectivity index (χ2v) is 8.14. The van der Waals surface area contributed by atoms with Crippen molar-refractivity contribution in [3.8, 4) is 0 Å². The van der Waals surface area contributed by atoms with E-state index in [0.717, 1.165) is 15.7 Å². The normalized spacial score (nSPS) is 23.3. The largest absolute Gasteiger partial charge is 0.389 e. The van der Waals surface area contributed by atoms with E-state index >= 15 is 0 Å². The number of nitrogens with zero attached hydrogens (tertiary/aromatic N) is 1. The summed E-state index contributed by atoms with van der Waals surface area (Å²) in [5.74, 6) is 0.486. The minimum Gasteiger partial charge on any atom is -0.389 e. The van der Waals surface area contributed by atoms with E-state index in [0.29, 0.717) is 6.42 Å². The predicted octanol–water partition coefficient (Wildman–Crippen LogP) is 2.13. The Morgan fingerprint density at radius 3 is 2.63 bits per heavy atom. The first-order chi connectivity index (χ1) is 8.80. The summed E-state index contributed by atoms with van der Waals surface area (Å²) in [6, 6.07) is 5.68. The molecule has 0 saturated carbocycles. The van der Waals surface area contributed by atoms with Gasteiger partial charge in [-0.25, -0.2) is 8.42 Å². The number of aliphatic hydroxyl groups excluding tert-OH is 1. The molecule has 2 atom stereocenters. The van der Waals surface area contributed by atoms with E-state index in [9.17, 15) is 13.5 Å². The molecule has 4 nitrogen and oxygen atoms in total. The minimum absolute atomic E-state index is 0.0266. The lowest BCUT2D eigenvalue weighted by Gasteiger charge is -2.27. The molecule has 19 heavy (non-hydrogen) atoms. The van der Waals surface area contributed by atoms with Crippen LogP contribution < -0.4 is 4.90 Å². The van der Waals surface area contributed by atoms with Crippen molar-refractivity contribution in [2.75, 3.05) is 23.5 Å². The molecule has 0 amide bonds. The molecule has 106 valence electrons. The maximum atomic E-state index is 11.5. The number of sulfone groups is 1. The summed E-state index contributed by atoms with van der Waals surface area (Å²) in [5, 5.41) is 9.54. The number of halogens is 1. The molecule has 2 rings (SSSR count). The summed E-state index contributed by atoms with van der Waals surface area (Å²) in [6.07, 6.45) is 0.159. The first-order valence-corrected chi connectivity index (χ1v) is 8.82. The van der Waals surface area contributed by atoms with Crippen LogP contribution in [0.25, 0.3) is 0 Å². The van der Waals surface area contributed by atoms with Gasteiger partial charge in [-0.1, -0.05) is 6.07 Å². The first kappa shape index (κ1) is 14.8. The van der Waals surface area contributed by atoms with E-state index in [4.69, 9.17) is 0 Å². The molecule has 0 radical (unpaired) electrons. The first-order valence-electron chi connectivity index (χ1n) is 6.21. The highest BCUT2D eigenvalue weighted by Gasteiger charge is 2.31. The Kier molecular flexibility index (Phi) is 4.23. The monoisotopic (exact) mass is 347 g/mol. The highest BCUT2D eigenvalue weighted by atomic mass is 79.9. The summed E-state index contributed by atoms with van der Waals surface area (Å²) in [7, 11) is -0.970. The van der Waals surface area contributed by atoms with Gasteiger partial charge in [-0.05, 0) is 47.0 Å². The van der Waals surface area contributed by atoms with Crippen LogP contribution in [0.4, 0.5) is 5.69 Å². The van der Waals surface area contributed by atoms with Crippen molar-refractivity contribution in [3.05, 3.63) is 28.2 Å². The van der Waals surface area contributed by atoms with Crippen molar-refractivity contribution in [1.29, 1.82) is 0 Å². The van der Waals surface area contributed by atoms with Gasteiger partial charge >= 0.3 is 0 Å². The van der Waals surface area contributed by atoms with Crippen molar-refractivity contribution >= 4 is 31.5 Å². The van der Waals surface area contributed by atoms with E-state index in [1.165, 1.54) is 0 Å². The fourth-order valence-corrected chi connectivity index (χ4v) is 4.80. The van der Waals surface area contributed by atoms with Gasteiger partial charge in [0.25, 0.3) is 0 Å². The van der Waals surface area contributed by atoms with E-state index in [2.05, 4.69) is 15.9 Å². The molecule has 1 fully saturated rings. The molecule has 0 aromatic heterocycles. The zero-order valence-corrected chi connectivity index (χ0v) is 13.4. The highest BCUT2D eigenvalue weighted by Crippen LogP contribution is 2.31. The summed E-state index contributed by atoms with van der Waals surface area (Å²) in [4.78, 5) is 2.00. The Bertz CT molecular complexity index is 571. The van der Waals surface area contributed by atoms with Crippen molar-refractivity contribution < 1.29 is 13.5 Å². The maximum Gasteiger partial charge on any atom is 0.152 e. The van der Waals surface area contributed by atoms with E-state index in [-0.39, 0.29) is 17.5 Å². The third kappa shape index (κ3) is 3.30. The van der Waals surface area contributed by atoms with Crippen LogP contribution in [0, 0.1) is 0 Å². The second-order valence-electron chi connectivity index (χ2n) is 5.05. The van der Waals surface area contributed by atoms with Gasteiger partial charge in [-0.15, -0.1) is 0 Å². The molecule has 1 unspecified atom stereocenters. The van der Waals surface area contributed by atoms with Gasteiger partial charge in [0.15, 0.2) is 9.84 Å². The minimum atomic E-state index is -2.88. The third-order valence-corrected chi connectivity index (χ3v) is 5.98. The van der Waals surface area contributed by atoms with Crippen LogP contribution in [-0.4, -0.2) is 38.1 Å². The van der Waals surface area contributed by atoms with Gasteiger partial charge in [0.2, 0.25) is 0 Å². The lowest BCUT2D eigenvalue weighted by Crippen LogP contribution is -2.32. The smallest absolute Gasteiger partial charge is 0.152 e. The van der Waals surface area contributed by atoms with E-state index in [1.807, 2.05) is 30.1 Å². The Balaban J connectivity index is 2.23. The average molecular weight is 348 g/mol. The van der Waals surface area contributed by atoms with Crippen molar-refractivity contribution in [1.82, 2.24) is 0 Å². The number of benzene rings is 1. The van der Waals surface area contributed by atoms with Crippen LogP contribution in [0.2, 0.25) is 0 Å². The van der Waals surface area contributed by atoms with Crippen LogP contribution >= 0.6 is 15.9 Å². The second kappa shape index (κ2) is 5.42. The van der Waals surface area contributed by atoms with E-state index < -0.39 is 15.9 Å². The molecule has 1 aliphatic rings. The van der Waals surface area contributed by atoms with Crippen molar-refractivity contribution in [2.45, 2.75) is 25.5 Å². The van der Waals surface area contributed by atoms with Crippen LogP contribution in [0.1, 0.15) is 25.0 Å². The Labute approximate surface area is 122 Å². The van der Waals surface area contributed by atoms with Gasteiger partial charge in [0.05, 0.1) is 23.3 Å². The zero-order valence-electron chi connectivity index (χ0n) is 11.0. The van der Waals surface area contributed by atoms with Gasteiger partial charge in [-0.3, -0.25) is 0 Å². The van der Waals surface area contributed by atoms with Crippen molar-refractivity contribution in [3.63, 3.8) is 0 Å². The van der Waals surface area contributed by atoms with E-state index in [1.54, 1.807) is 6.92 Å². The number of rotatable bonds is 3. The third-order valence-electron chi connectivity index (χ3n) is 3.59. The molecular weight excluding hydrogens is 330 g/mol. The molecule has 1 aromatic carbocycles. The van der Waals surface area contributed by atoms with Gasteiger partial charge in [0, 0.05) is 17.6 Å². The summed E-state index contributed by atoms with van der Waals surface area (Å²) in [5.41, 5.74) is 1.79. The fourth-order valence-electron chi connectivity index (χ4n) is 2.35. The highest BCUT2D eigenvalue weighted by molar-refractivity contribution is 9.10. The standard InChI is InChI=1S/C13H18BrNO3S/c1-9(16)10-3-4-13(12(14)7-10)15(2)11-5-6-19(17,18)8-11/h3-4,7,9,11,16H,5-6,8H2,1-2H3/t9-,11?/m1/s1. The quantitative estimate of drug-likeness (QED) is 0.909. The lowest BCUT2D eigenvalue weighted by atomic mass is 10.1. The molecule has 0 aliphatic carbocycles. The molecule has 1 N–H and O–H groups in total. The average Bonchev–Trinajstić information content (AvgIpc) is 2.68. The molecule has 6 heteroatoms. The lowest BCUT2D eigenvalue weighted by molar-refractivity contribution is 0.199. The molecule has 1 aromatic rings. The van der Waals surface area contributed by atoms with Gasteiger partial charge < -0.3 is 10.0 Å². The van der Waals surface area contributed by atoms with Gasteiger partial charge in [0.1, 0.15) is 0 Å². The Hall–Kier alpha value is -0.590. The molecule has 0 spiro atoms. The van der Waals surface area contributed by atoms with Crippen LogP contribution in [0.15, 0.2) is 22.7 Å². The molecule has 1 aliphatic heterocycles. The molecule has 1 saturated heterocycles. The summed E-state index contributed by atoms with van der Waals surface area (Å²) < 4.78 is 23.9. The summed E-state index contributed by atoms with van der Waals surface area (Å²) in [6.45, 7) is 1.72. The van der Waals surface area contributed by atoms with Gasteiger partial charge in [-0.2, -0.15) is 0 Å². The number of hydrogen-bond acceptors (Lipinski definition) is 4. The van der Waals surface area contributed by atoms with Crippen LogP contribution in [-0.2, 0) is 9.84 Å². The maximum absolute atomic E-state index is 11.5. The number of hydrogen-bond donors (Lipinski definition) is 1. The molecule has 1 heterocycles. The topological polar surface area (TPSA) is 57.6 Å². The Morgan fingerprint density at radius 2 is 2.16 bits per heavy atom. The van der Waals surface area contributed by atoms with Crippen LogP contribution in [0.5, 0.6) is 0 Å². The summed E-state index contributed by atoms with van der Waals surface area (Å²) >= 11 is 3.49. The number of anilines is 1. The number of aliphatic hydroxyl groups is 1. The molecular formula is C13H18BrNO3S. The Morgan fingerprint density at radius 1 is 1.47 bits per heavy atom. The fraction of sp³-hybridized carbons (Fsp3) is 0.538. The SMILES string of the molecule is C[C@@H](O)c1ccc(N(C)C2CCS(=O)(=O)C2)c(Br)c1. The predicted molar refractivity (Wildman–Crippen MR) is 80.2 cm³/mol.